The maximum Gasteiger partial charge on any atom is 0.437 e. The Morgan fingerprint density at radius 3 is 2.27 bits per heavy atom. The zero-order valence-electron chi connectivity index (χ0n) is 8.13. The highest BCUT2D eigenvalue weighted by atomic mass is 16.6. The molecule has 0 aromatic carbocycles. The van der Waals surface area contributed by atoms with Crippen molar-refractivity contribution in [2.75, 3.05) is 6.67 Å². The van der Waals surface area contributed by atoms with Crippen molar-refractivity contribution in [3.63, 3.8) is 0 Å². The molecule has 0 spiro atoms. The van der Waals surface area contributed by atoms with Crippen LogP contribution in [0.1, 0.15) is 0 Å². The van der Waals surface area contributed by atoms with Crippen LogP contribution in [0.25, 0.3) is 0 Å². The summed E-state index contributed by atoms with van der Waals surface area (Å²) in [6.07, 6.45) is 3.09. The molecule has 0 radical (unpaired) electrons. The van der Waals surface area contributed by atoms with Crippen molar-refractivity contribution >= 4 is 12.1 Å². The second kappa shape index (κ2) is 3.68. The van der Waals surface area contributed by atoms with Gasteiger partial charge in [0, 0.05) is 12.4 Å². The number of hydrogen-bond donors (Lipinski definition) is 0. The first-order valence-electron chi connectivity index (χ1n) is 4.12. The average Bonchev–Trinajstić information content (AvgIpc) is 2.24. The van der Waals surface area contributed by atoms with E-state index in [0.29, 0.717) is 4.90 Å². The topological polar surface area (TPSA) is 63.7 Å². The molecule has 0 aromatic heterocycles. The Balaban J connectivity index is 3.15. The summed E-state index contributed by atoms with van der Waals surface area (Å²) in [7, 11) is 0. The fourth-order valence-electron chi connectivity index (χ4n) is 1.18. The van der Waals surface area contributed by atoms with Crippen molar-refractivity contribution in [3.8, 4) is 0 Å². The molecule has 4 amide bonds. The first kappa shape index (κ1) is 11.2. The molecule has 1 heterocycles. The molecule has 1 aliphatic heterocycles. The van der Waals surface area contributed by atoms with Crippen molar-refractivity contribution in [2.45, 2.75) is 0 Å². The number of imide groups is 1. The molecule has 6 heteroatoms. The molecule has 1 atom stereocenters. The number of carbonyl (C=O) groups is 2. The van der Waals surface area contributed by atoms with Gasteiger partial charge in [-0.3, -0.25) is 4.90 Å². The standard InChI is InChI=1S/C9H11N3O3/c1-4-10-7-12(15,6-3)9(14)11(5-2)8(10)13/h4-6H,1-3,7H2. The lowest BCUT2D eigenvalue weighted by Crippen LogP contribution is -2.63. The van der Waals surface area contributed by atoms with Crippen LogP contribution in [-0.4, -0.2) is 33.2 Å². The predicted octanol–water partition coefficient (Wildman–Crippen LogP) is 1.55. The second-order valence-electron chi connectivity index (χ2n) is 2.89. The molecule has 0 saturated carbocycles. The Hall–Kier alpha value is -1.92. The molecule has 0 N–H and O–H groups in total. The van der Waals surface area contributed by atoms with Gasteiger partial charge in [0.1, 0.15) is 0 Å². The average molecular weight is 209 g/mol. The van der Waals surface area contributed by atoms with E-state index >= 15 is 0 Å². The number of amides is 4. The monoisotopic (exact) mass is 209 g/mol. The maximum absolute atomic E-state index is 11.8. The SMILES string of the molecule is C=CN1C[N+]([O-])(C=C)C(=O)N(C=C)C1=O. The third-order valence-electron chi connectivity index (χ3n) is 2.04. The number of rotatable bonds is 3. The fraction of sp³-hybridized carbons (Fsp3) is 0.111. The first-order valence-corrected chi connectivity index (χ1v) is 4.12. The van der Waals surface area contributed by atoms with Crippen LogP contribution in [0, 0.1) is 5.21 Å². The summed E-state index contributed by atoms with van der Waals surface area (Å²) < 4.78 is -1.34. The van der Waals surface area contributed by atoms with Gasteiger partial charge in [0.05, 0.1) is 6.20 Å². The molecule has 0 aromatic rings. The molecule has 80 valence electrons. The number of hydrogen-bond acceptors (Lipinski definition) is 3. The normalized spacial score (nSPS) is 26.5. The molecule has 0 bridgehead atoms. The van der Waals surface area contributed by atoms with Gasteiger partial charge in [0.15, 0.2) is 6.67 Å². The molecule has 1 fully saturated rings. The summed E-state index contributed by atoms with van der Waals surface area (Å²) in [5, 5.41) is 11.8. The summed E-state index contributed by atoms with van der Waals surface area (Å²) in [6, 6.07) is -1.57. The molecular formula is C9H11N3O3. The third-order valence-corrected chi connectivity index (χ3v) is 2.04. The van der Waals surface area contributed by atoms with E-state index in [1.807, 2.05) is 0 Å². The highest BCUT2D eigenvalue weighted by Crippen LogP contribution is 2.20. The summed E-state index contributed by atoms with van der Waals surface area (Å²) in [5.74, 6) is 0. The van der Waals surface area contributed by atoms with E-state index in [9.17, 15) is 14.8 Å². The van der Waals surface area contributed by atoms with Crippen LogP contribution in [0.15, 0.2) is 38.3 Å². The van der Waals surface area contributed by atoms with Gasteiger partial charge >= 0.3 is 12.1 Å². The maximum atomic E-state index is 11.8. The molecule has 0 aliphatic carbocycles. The minimum atomic E-state index is -1.34. The van der Waals surface area contributed by atoms with Crippen LogP contribution in [0.2, 0.25) is 0 Å². The number of hydroxylamine groups is 3. The lowest BCUT2D eigenvalue weighted by Gasteiger charge is -2.44. The third kappa shape index (κ3) is 1.56. The highest BCUT2D eigenvalue weighted by Gasteiger charge is 2.42. The van der Waals surface area contributed by atoms with Gasteiger partial charge in [0.25, 0.3) is 0 Å². The molecule has 6 nitrogen and oxygen atoms in total. The Bertz CT molecular complexity index is 353. The Labute approximate surface area is 87.1 Å². The zero-order valence-corrected chi connectivity index (χ0v) is 8.13. The minimum absolute atomic E-state index is 0.352. The van der Waals surface area contributed by atoms with Gasteiger partial charge < -0.3 is 5.21 Å². The Morgan fingerprint density at radius 2 is 1.87 bits per heavy atom. The van der Waals surface area contributed by atoms with Crippen LogP contribution >= 0.6 is 0 Å². The fourth-order valence-corrected chi connectivity index (χ4v) is 1.18. The Kier molecular flexibility index (Phi) is 2.74. The smallest absolute Gasteiger partial charge is 0.437 e. The number of urea groups is 2. The van der Waals surface area contributed by atoms with Gasteiger partial charge in [-0.1, -0.05) is 13.2 Å². The molecule has 1 rings (SSSR count). The summed E-state index contributed by atoms with van der Waals surface area (Å²) >= 11 is 0. The van der Waals surface area contributed by atoms with E-state index in [0.717, 1.165) is 17.3 Å². The van der Waals surface area contributed by atoms with E-state index in [1.165, 1.54) is 6.20 Å². The van der Waals surface area contributed by atoms with Gasteiger partial charge in [-0.05, 0) is 6.58 Å². The van der Waals surface area contributed by atoms with Gasteiger partial charge in [-0.2, -0.15) is 4.90 Å². The van der Waals surface area contributed by atoms with Crippen molar-refractivity contribution in [3.05, 3.63) is 43.5 Å². The summed E-state index contributed by atoms with van der Waals surface area (Å²) in [6.45, 7) is 9.59. The largest absolute Gasteiger partial charge is 0.617 e. The van der Waals surface area contributed by atoms with Crippen molar-refractivity contribution in [1.82, 2.24) is 9.80 Å². The van der Waals surface area contributed by atoms with E-state index in [4.69, 9.17) is 0 Å². The number of quaternary nitrogens is 1. The summed E-state index contributed by atoms with van der Waals surface area (Å²) in [4.78, 5) is 24.7. The quantitative estimate of drug-likeness (QED) is 0.523. The van der Waals surface area contributed by atoms with Crippen LogP contribution in [-0.2, 0) is 0 Å². The van der Waals surface area contributed by atoms with Gasteiger partial charge in [-0.25, -0.2) is 14.2 Å². The molecule has 15 heavy (non-hydrogen) atoms. The van der Waals surface area contributed by atoms with Crippen molar-refractivity contribution < 1.29 is 14.2 Å². The van der Waals surface area contributed by atoms with E-state index in [2.05, 4.69) is 19.7 Å². The van der Waals surface area contributed by atoms with Crippen molar-refractivity contribution in [2.24, 2.45) is 0 Å². The van der Waals surface area contributed by atoms with E-state index in [-0.39, 0.29) is 6.67 Å². The van der Waals surface area contributed by atoms with E-state index < -0.39 is 16.7 Å². The summed E-state index contributed by atoms with van der Waals surface area (Å²) in [5.41, 5.74) is 0. The lowest BCUT2D eigenvalue weighted by molar-refractivity contribution is -0.760. The molecule has 1 saturated heterocycles. The Morgan fingerprint density at radius 1 is 1.27 bits per heavy atom. The molecular weight excluding hydrogens is 198 g/mol. The first-order chi connectivity index (χ1) is 7.00. The minimum Gasteiger partial charge on any atom is -0.617 e. The van der Waals surface area contributed by atoms with Gasteiger partial charge in [-0.15, -0.1) is 0 Å². The van der Waals surface area contributed by atoms with Crippen LogP contribution in [0.3, 0.4) is 0 Å². The van der Waals surface area contributed by atoms with Crippen LogP contribution < -0.4 is 0 Å². The molecule has 1 aliphatic rings. The number of carbonyl (C=O) groups excluding carboxylic acids is 2. The van der Waals surface area contributed by atoms with Crippen LogP contribution in [0.4, 0.5) is 9.59 Å². The van der Waals surface area contributed by atoms with Crippen LogP contribution in [0.5, 0.6) is 0 Å². The lowest BCUT2D eigenvalue weighted by atomic mass is 10.5. The zero-order chi connectivity index (χ0) is 11.6. The van der Waals surface area contributed by atoms with E-state index in [1.54, 1.807) is 0 Å². The predicted molar refractivity (Wildman–Crippen MR) is 53.6 cm³/mol. The number of nitrogens with zero attached hydrogens (tertiary/aromatic N) is 3. The van der Waals surface area contributed by atoms with Gasteiger partial charge in [0.2, 0.25) is 0 Å². The highest BCUT2D eigenvalue weighted by molar-refractivity contribution is 5.94. The van der Waals surface area contributed by atoms with Crippen molar-refractivity contribution in [1.29, 1.82) is 0 Å². The molecule has 1 unspecified atom stereocenters. The second-order valence-corrected chi connectivity index (χ2v) is 2.89.